The highest BCUT2D eigenvalue weighted by atomic mass is 16.5. The Morgan fingerprint density at radius 1 is 1.42 bits per heavy atom. The maximum absolute atomic E-state index is 12.5. The molecule has 1 heterocycles. The average Bonchev–Trinajstić information content (AvgIpc) is 3.37. The number of carbonyl (C=O) groups is 1. The Balaban J connectivity index is 1.75. The van der Waals surface area contributed by atoms with Gasteiger partial charge < -0.3 is 14.7 Å². The summed E-state index contributed by atoms with van der Waals surface area (Å²) in [6, 6.07) is 9.28. The van der Waals surface area contributed by atoms with Crippen molar-refractivity contribution in [2.45, 2.75) is 25.9 Å². The van der Waals surface area contributed by atoms with Crippen LogP contribution < -0.4 is 4.74 Å². The highest BCUT2D eigenvalue weighted by molar-refractivity contribution is 5.92. The van der Waals surface area contributed by atoms with Crippen molar-refractivity contribution < 1.29 is 14.6 Å². The Labute approximate surface area is 141 Å². The maximum Gasteiger partial charge on any atom is 0.274 e. The van der Waals surface area contributed by atoms with Gasteiger partial charge >= 0.3 is 0 Å². The number of amides is 1. The fourth-order valence-corrected chi connectivity index (χ4v) is 2.75. The summed E-state index contributed by atoms with van der Waals surface area (Å²) in [7, 11) is 3.33. The Morgan fingerprint density at radius 2 is 2.08 bits per heavy atom. The fourth-order valence-electron chi connectivity index (χ4n) is 2.75. The fraction of sp³-hybridized carbons (Fsp3) is 0.444. The molecule has 1 N–H and O–H groups in total. The molecule has 1 aliphatic carbocycles. The molecule has 128 valence electrons. The van der Waals surface area contributed by atoms with Gasteiger partial charge in [-0.05, 0) is 56.0 Å². The maximum atomic E-state index is 12.5. The molecule has 0 radical (unpaired) electrons. The third-order valence-electron chi connectivity index (χ3n) is 4.40. The second-order valence-electron chi connectivity index (χ2n) is 6.37. The second kappa shape index (κ2) is 6.65. The van der Waals surface area contributed by atoms with E-state index < -0.39 is 6.10 Å². The first-order valence-electron chi connectivity index (χ1n) is 8.14. The SMILES string of the molecule is COc1ccc(-n2nc(C(=O)N(C)CC(O)C3CC3)cc2C)cc1. The van der Waals surface area contributed by atoms with Gasteiger partial charge in [0, 0.05) is 19.3 Å². The van der Waals surface area contributed by atoms with E-state index >= 15 is 0 Å². The van der Waals surface area contributed by atoms with Crippen LogP contribution in [0.1, 0.15) is 29.0 Å². The van der Waals surface area contributed by atoms with Gasteiger partial charge in [-0.15, -0.1) is 0 Å². The molecule has 1 amide bonds. The van der Waals surface area contributed by atoms with Crippen molar-refractivity contribution >= 4 is 5.91 Å². The lowest BCUT2D eigenvalue weighted by molar-refractivity contribution is 0.0640. The van der Waals surface area contributed by atoms with Crippen molar-refractivity contribution in [2.24, 2.45) is 5.92 Å². The highest BCUT2D eigenvalue weighted by Gasteiger charge is 2.31. The first-order valence-corrected chi connectivity index (χ1v) is 8.14. The molecule has 6 nitrogen and oxygen atoms in total. The minimum atomic E-state index is -0.441. The Bertz CT molecular complexity index is 720. The number of aromatic nitrogens is 2. The van der Waals surface area contributed by atoms with Crippen LogP contribution in [0.2, 0.25) is 0 Å². The van der Waals surface area contributed by atoms with Crippen LogP contribution in [0.3, 0.4) is 0 Å². The molecule has 0 bridgehead atoms. The van der Waals surface area contributed by atoms with Crippen molar-refractivity contribution in [3.8, 4) is 11.4 Å². The third-order valence-corrected chi connectivity index (χ3v) is 4.40. The van der Waals surface area contributed by atoms with Crippen LogP contribution in [-0.2, 0) is 0 Å². The number of carbonyl (C=O) groups excluding carboxylic acids is 1. The quantitative estimate of drug-likeness (QED) is 0.880. The van der Waals surface area contributed by atoms with Gasteiger partial charge in [0.05, 0.1) is 18.9 Å². The van der Waals surface area contributed by atoms with E-state index in [-0.39, 0.29) is 5.91 Å². The molecule has 0 aliphatic heterocycles. The molecule has 24 heavy (non-hydrogen) atoms. The topological polar surface area (TPSA) is 67.6 Å². The molecule has 3 rings (SSSR count). The number of aliphatic hydroxyl groups excluding tert-OH is 1. The molecule has 2 aromatic rings. The van der Waals surface area contributed by atoms with Crippen LogP contribution in [0.25, 0.3) is 5.69 Å². The van der Waals surface area contributed by atoms with Crippen LogP contribution in [0.5, 0.6) is 5.75 Å². The lowest BCUT2D eigenvalue weighted by Gasteiger charge is -2.19. The van der Waals surface area contributed by atoms with Gasteiger partial charge in [0.1, 0.15) is 5.75 Å². The number of ether oxygens (including phenoxy) is 1. The first-order chi connectivity index (χ1) is 11.5. The van der Waals surface area contributed by atoms with Gasteiger partial charge in [0.15, 0.2) is 5.69 Å². The van der Waals surface area contributed by atoms with Crippen LogP contribution in [-0.4, -0.2) is 52.5 Å². The summed E-state index contributed by atoms with van der Waals surface area (Å²) >= 11 is 0. The van der Waals surface area contributed by atoms with E-state index in [1.165, 1.54) is 0 Å². The molecule has 6 heteroatoms. The van der Waals surface area contributed by atoms with E-state index in [0.717, 1.165) is 30.0 Å². The third kappa shape index (κ3) is 3.43. The second-order valence-corrected chi connectivity index (χ2v) is 6.37. The minimum absolute atomic E-state index is 0.176. The number of methoxy groups -OCH3 is 1. The number of benzene rings is 1. The zero-order chi connectivity index (χ0) is 17.3. The van der Waals surface area contributed by atoms with E-state index in [2.05, 4.69) is 5.10 Å². The summed E-state index contributed by atoms with van der Waals surface area (Å²) in [4.78, 5) is 14.1. The molecule has 1 aromatic carbocycles. The lowest BCUT2D eigenvalue weighted by Crippen LogP contribution is -2.35. The summed E-state index contributed by atoms with van der Waals surface area (Å²) < 4.78 is 6.89. The number of hydrogen-bond donors (Lipinski definition) is 1. The van der Waals surface area contributed by atoms with Crippen molar-refractivity contribution in [3.63, 3.8) is 0 Å². The molecule has 0 saturated heterocycles. The number of rotatable bonds is 6. The largest absolute Gasteiger partial charge is 0.497 e. The predicted octanol–water partition coefficient (Wildman–Crippen LogP) is 2.03. The van der Waals surface area contributed by atoms with Crippen molar-refractivity contribution in [2.75, 3.05) is 20.7 Å². The Morgan fingerprint density at radius 3 is 2.67 bits per heavy atom. The summed E-state index contributed by atoms with van der Waals surface area (Å²) in [5.41, 5.74) is 2.13. The summed E-state index contributed by atoms with van der Waals surface area (Å²) in [6.45, 7) is 2.25. The highest BCUT2D eigenvalue weighted by Crippen LogP contribution is 2.32. The number of hydrogen-bond acceptors (Lipinski definition) is 4. The number of nitrogens with zero attached hydrogens (tertiary/aromatic N) is 3. The van der Waals surface area contributed by atoms with Crippen LogP contribution in [0.15, 0.2) is 30.3 Å². The van der Waals surface area contributed by atoms with E-state index in [1.54, 1.807) is 29.8 Å². The van der Waals surface area contributed by atoms with Gasteiger partial charge in [-0.3, -0.25) is 4.79 Å². The van der Waals surface area contributed by atoms with Crippen molar-refractivity contribution in [1.82, 2.24) is 14.7 Å². The van der Waals surface area contributed by atoms with Gasteiger partial charge in [0.2, 0.25) is 0 Å². The van der Waals surface area contributed by atoms with E-state index in [9.17, 15) is 9.90 Å². The lowest BCUT2D eigenvalue weighted by atomic mass is 10.2. The zero-order valence-electron chi connectivity index (χ0n) is 14.3. The summed E-state index contributed by atoms with van der Waals surface area (Å²) in [5, 5.41) is 14.4. The molecular formula is C18H23N3O3. The molecular weight excluding hydrogens is 306 g/mol. The number of aryl methyl sites for hydroxylation is 1. The van der Waals surface area contributed by atoms with E-state index in [1.807, 2.05) is 31.2 Å². The molecule has 1 unspecified atom stereocenters. The van der Waals surface area contributed by atoms with Crippen LogP contribution in [0.4, 0.5) is 0 Å². The summed E-state index contributed by atoms with van der Waals surface area (Å²) in [5.74, 6) is 0.942. The minimum Gasteiger partial charge on any atom is -0.497 e. The Kier molecular flexibility index (Phi) is 4.57. The van der Waals surface area contributed by atoms with Gasteiger partial charge in [-0.1, -0.05) is 0 Å². The smallest absolute Gasteiger partial charge is 0.274 e. The molecule has 1 aromatic heterocycles. The molecule has 1 saturated carbocycles. The molecule has 1 atom stereocenters. The average molecular weight is 329 g/mol. The van der Waals surface area contributed by atoms with Gasteiger partial charge in [-0.2, -0.15) is 5.10 Å². The molecule has 1 fully saturated rings. The summed E-state index contributed by atoms with van der Waals surface area (Å²) in [6.07, 6.45) is 1.66. The first kappa shape index (κ1) is 16.5. The van der Waals surface area contributed by atoms with E-state index in [4.69, 9.17) is 4.74 Å². The standard InChI is InChI=1S/C18H23N3O3/c1-12-10-16(18(23)20(2)11-17(22)13-4-5-13)19-21(12)14-6-8-15(24-3)9-7-14/h6-10,13,17,22H,4-5,11H2,1-3H3. The monoisotopic (exact) mass is 329 g/mol. The van der Waals surface area contributed by atoms with Gasteiger partial charge in [0.25, 0.3) is 5.91 Å². The van der Waals surface area contributed by atoms with Crippen LogP contribution in [0, 0.1) is 12.8 Å². The van der Waals surface area contributed by atoms with Gasteiger partial charge in [-0.25, -0.2) is 4.68 Å². The van der Waals surface area contributed by atoms with Crippen LogP contribution >= 0.6 is 0 Å². The number of likely N-dealkylation sites (N-methyl/N-ethyl adjacent to an activating group) is 1. The normalized spacial score (nSPS) is 15.2. The van der Waals surface area contributed by atoms with Crippen molar-refractivity contribution in [3.05, 3.63) is 41.7 Å². The number of aliphatic hydroxyl groups is 1. The zero-order valence-corrected chi connectivity index (χ0v) is 14.3. The van der Waals surface area contributed by atoms with Crippen molar-refractivity contribution in [1.29, 1.82) is 0 Å². The molecule has 1 aliphatic rings. The Hall–Kier alpha value is -2.34. The van der Waals surface area contributed by atoms with E-state index in [0.29, 0.717) is 18.2 Å². The predicted molar refractivity (Wildman–Crippen MR) is 90.5 cm³/mol. The molecule has 0 spiro atoms.